The monoisotopic (exact) mass is 281 g/mol. The number of aryl methyl sites for hydroxylation is 1. The zero-order valence-corrected chi connectivity index (χ0v) is 11.6. The van der Waals surface area contributed by atoms with Crippen molar-refractivity contribution in [2.45, 2.75) is 13.5 Å². The second-order valence-electron chi connectivity index (χ2n) is 4.53. The third-order valence-corrected chi connectivity index (χ3v) is 3.13. The fourth-order valence-electron chi connectivity index (χ4n) is 1.99. The highest BCUT2D eigenvalue weighted by atomic mass is 16.5. The van der Waals surface area contributed by atoms with Crippen LogP contribution in [0.4, 0.5) is 0 Å². The molecule has 6 nitrogen and oxygen atoms in total. The van der Waals surface area contributed by atoms with Crippen molar-refractivity contribution in [2.24, 2.45) is 5.73 Å². The van der Waals surface area contributed by atoms with Crippen LogP contribution in [0, 0.1) is 6.92 Å². The van der Waals surface area contributed by atoms with Gasteiger partial charge in [-0.15, -0.1) is 5.10 Å². The van der Waals surface area contributed by atoms with E-state index < -0.39 is 0 Å². The molecule has 0 aliphatic rings. The molecule has 0 atom stereocenters. The van der Waals surface area contributed by atoms with E-state index in [1.807, 2.05) is 43.3 Å². The molecular weight excluding hydrogens is 266 g/mol. The Morgan fingerprint density at radius 2 is 1.95 bits per heavy atom. The molecule has 3 rings (SSSR count). The number of hydrogen-bond donors (Lipinski definition) is 1. The van der Waals surface area contributed by atoms with Gasteiger partial charge in [0.1, 0.15) is 6.33 Å². The first-order chi connectivity index (χ1) is 10.3. The van der Waals surface area contributed by atoms with E-state index >= 15 is 0 Å². The molecule has 0 fully saturated rings. The number of rotatable bonds is 4. The first kappa shape index (κ1) is 13.3. The Morgan fingerprint density at radius 1 is 1.14 bits per heavy atom. The molecule has 1 aromatic carbocycles. The molecule has 2 N–H and O–H groups in total. The summed E-state index contributed by atoms with van der Waals surface area (Å²) in [6, 6.07) is 11.8. The molecule has 6 heteroatoms. The molecule has 21 heavy (non-hydrogen) atoms. The maximum absolute atomic E-state index is 5.74. The number of nitrogens with zero attached hydrogens (tertiary/aromatic N) is 4. The Morgan fingerprint density at radius 3 is 2.71 bits per heavy atom. The Balaban J connectivity index is 1.87. The van der Waals surface area contributed by atoms with Crippen LogP contribution in [0.1, 0.15) is 11.1 Å². The summed E-state index contributed by atoms with van der Waals surface area (Å²) in [5, 5.41) is 4.28. The number of ether oxygens (including phenoxy) is 1. The number of hydrogen-bond acceptors (Lipinski definition) is 5. The van der Waals surface area contributed by atoms with Crippen molar-refractivity contribution in [1.82, 2.24) is 19.7 Å². The standard InChI is InChI=1S/C15H15N5O/c1-11-7-8-17-14(13(11)9-16)21-15-18-10-20(19-15)12-5-3-2-4-6-12/h2-8,10H,9,16H2,1H3. The summed E-state index contributed by atoms with van der Waals surface area (Å²) >= 11 is 0. The third-order valence-electron chi connectivity index (χ3n) is 3.13. The van der Waals surface area contributed by atoms with Crippen LogP contribution in [0.15, 0.2) is 48.9 Å². The lowest BCUT2D eigenvalue weighted by Gasteiger charge is -2.07. The maximum Gasteiger partial charge on any atom is 0.342 e. The largest absolute Gasteiger partial charge is 0.404 e. The molecule has 0 bridgehead atoms. The zero-order chi connectivity index (χ0) is 14.7. The van der Waals surface area contributed by atoms with Crippen molar-refractivity contribution in [1.29, 1.82) is 0 Å². The fraction of sp³-hybridized carbons (Fsp3) is 0.133. The summed E-state index contributed by atoms with van der Waals surface area (Å²) in [6.07, 6.45) is 3.28. The van der Waals surface area contributed by atoms with E-state index in [-0.39, 0.29) is 6.01 Å². The maximum atomic E-state index is 5.74. The molecule has 0 unspecified atom stereocenters. The number of aromatic nitrogens is 4. The molecule has 2 aromatic heterocycles. The van der Waals surface area contributed by atoms with Crippen molar-refractivity contribution >= 4 is 0 Å². The van der Waals surface area contributed by atoms with Crippen LogP contribution in [0.3, 0.4) is 0 Å². The molecule has 0 aliphatic carbocycles. The van der Waals surface area contributed by atoms with Gasteiger partial charge in [-0.2, -0.15) is 4.98 Å². The number of para-hydroxylation sites is 1. The highest BCUT2D eigenvalue weighted by molar-refractivity contribution is 5.35. The van der Waals surface area contributed by atoms with E-state index in [4.69, 9.17) is 10.5 Å². The van der Waals surface area contributed by atoms with Gasteiger partial charge in [0, 0.05) is 18.3 Å². The Hall–Kier alpha value is -2.73. The van der Waals surface area contributed by atoms with Crippen LogP contribution in [0.5, 0.6) is 11.9 Å². The van der Waals surface area contributed by atoms with Crippen molar-refractivity contribution < 1.29 is 4.74 Å². The molecule has 0 saturated heterocycles. The quantitative estimate of drug-likeness (QED) is 0.793. The van der Waals surface area contributed by atoms with Crippen molar-refractivity contribution in [2.75, 3.05) is 0 Å². The normalized spacial score (nSPS) is 10.6. The lowest BCUT2D eigenvalue weighted by molar-refractivity contribution is 0.419. The molecule has 0 radical (unpaired) electrons. The van der Waals surface area contributed by atoms with Crippen LogP contribution in [-0.2, 0) is 6.54 Å². The summed E-state index contributed by atoms with van der Waals surface area (Å²) < 4.78 is 7.30. The van der Waals surface area contributed by atoms with Crippen molar-refractivity contribution in [3.8, 4) is 17.6 Å². The highest BCUT2D eigenvalue weighted by Crippen LogP contribution is 2.22. The van der Waals surface area contributed by atoms with Gasteiger partial charge in [0.2, 0.25) is 5.88 Å². The zero-order valence-electron chi connectivity index (χ0n) is 11.6. The summed E-state index contributed by atoms with van der Waals surface area (Å²) in [5.74, 6) is 0.448. The van der Waals surface area contributed by atoms with Gasteiger partial charge in [0.25, 0.3) is 0 Å². The lowest BCUT2D eigenvalue weighted by atomic mass is 10.1. The van der Waals surface area contributed by atoms with Crippen LogP contribution >= 0.6 is 0 Å². The molecule has 0 saturated carbocycles. The molecule has 0 aliphatic heterocycles. The Kier molecular flexibility index (Phi) is 3.61. The second-order valence-corrected chi connectivity index (χ2v) is 4.53. The van der Waals surface area contributed by atoms with Crippen molar-refractivity contribution in [3.63, 3.8) is 0 Å². The first-order valence-electron chi connectivity index (χ1n) is 6.57. The highest BCUT2D eigenvalue weighted by Gasteiger charge is 2.11. The van der Waals surface area contributed by atoms with Gasteiger partial charge >= 0.3 is 6.01 Å². The molecule has 3 aromatic rings. The number of benzene rings is 1. The van der Waals surface area contributed by atoms with E-state index in [0.717, 1.165) is 16.8 Å². The van der Waals surface area contributed by atoms with Gasteiger partial charge < -0.3 is 10.5 Å². The topological polar surface area (TPSA) is 78.9 Å². The molecule has 106 valence electrons. The SMILES string of the molecule is Cc1ccnc(Oc2ncn(-c3ccccc3)n2)c1CN. The predicted octanol–water partition coefficient (Wildman–Crippen LogP) is 2.22. The van der Waals surface area contributed by atoms with Gasteiger partial charge in [-0.1, -0.05) is 18.2 Å². The lowest BCUT2D eigenvalue weighted by Crippen LogP contribution is -2.04. The third kappa shape index (κ3) is 2.75. The average Bonchev–Trinajstić information content (AvgIpc) is 2.97. The van der Waals surface area contributed by atoms with Crippen LogP contribution < -0.4 is 10.5 Å². The average molecular weight is 281 g/mol. The van der Waals surface area contributed by atoms with Gasteiger partial charge in [0.05, 0.1) is 5.69 Å². The summed E-state index contributed by atoms with van der Waals surface area (Å²) in [5.41, 5.74) is 8.54. The number of pyridine rings is 1. The second kappa shape index (κ2) is 5.72. The fourth-order valence-corrected chi connectivity index (χ4v) is 1.99. The van der Waals surface area contributed by atoms with Crippen LogP contribution in [-0.4, -0.2) is 19.7 Å². The van der Waals surface area contributed by atoms with E-state index in [1.54, 1.807) is 17.2 Å². The van der Waals surface area contributed by atoms with Crippen LogP contribution in [0.2, 0.25) is 0 Å². The summed E-state index contributed by atoms with van der Waals surface area (Å²) in [6.45, 7) is 2.32. The smallest absolute Gasteiger partial charge is 0.342 e. The molecule has 2 heterocycles. The minimum Gasteiger partial charge on any atom is -0.404 e. The van der Waals surface area contributed by atoms with Gasteiger partial charge in [0.15, 0.2) is 0 Å². The minimum atomic E-state index is 0.242. The Bertz CT molecular complexity index is 739. The molecular formula is C15H15N5O. The van der Waals surface area contributed by atoms with E-state index in [2.05, 4.69) is 15.1 Å². The number of nitrogens with two attached hydrogens (primary N) is 1. The predicted molar refractivity (Wildman–Crippen MR) is 78.3 cm³/mol. The molecule has 0 spiro atoms. The first-order valence-corrected chi connectivity index (χ1v) is 6.57. The van der Waals surface area contributed by atoms with Gasteiger partial charge in [-0.3, -0.25) is 0 Å². The Labute approximate surface area is 122 Å². The van der Waals surface area contributed by atoms with Gasteiger partial charge in [-0.05, 0) is 30.7 Å². The van der Waals surface area contributed by atoms with E-state index in [0.29, 0.717) is 12.4 Å². The molecule has 0 amide bonds. The van der Waals surface area contributed by atoms with E-state index in [1.165, 1.54) is 0 Å². The summed E-state index contributed by atoms with van der Waals surface area (Å²) in [7, 11) is 0. The van der Waals surface area contributed by atoms with Gasteiger partial charge in [-0.25, -0.2) is 9.67 Å². The minimum absolute atomic E-state index is 0.242. The summed E-state index contributed by atoms with van der Waals surface area (Å²) in [4.78, 5) is 8.34. The van der Waals surface area contributed by atoms with Crippen molar-refractivity contribution in [3.05, 3.63) is 60.0 Å². The van der Waals surface area contributed by atoms with Crippen LogP contribution in [0.25, 0.3) is 5.69 Å². The van der Waals surface area contributed by atoms with E-state index in [9.17, 15) is 0 Å².